The van der Waals surface area contributed by atoms with E-state index in [2.05, 4.69) is 5.32 Å². The number of amides is 1. The van der Waals surface area contributed by atoms with Crippen LogP contribution in [-0.4, -0.2) is 11.0 Å². The smallest absolute Gasteiger partial charge is 0.225 e. The molecular weight excluding hydrogens is 258 g/mol. The molecule has 2 N–H and O–H groups in total. The highest BCUT2D eigenvalue weighted by molar-refractivity contribution is 7.10. The number of benzene rings is 1. The molecule has 98 valence electrons. The minimum absolute atomic E-state index is 0.0366. The molecule has 19 heavy (non-hydrogen) atoms. The summed E-state index contributed by atoms with van der Waals surface area (Å²) in [7, 11) is 0. The van der Waals surface area contributed by atoms with Crippen LogP contribution in [0.2, 0.25) is 0 Å². The number of thiophene rings is 1. The summed E-state index contributed by atoms with van der Waals surface area (Å²) >= 11 is 1.60. The molecule has 1 atom stereocenters. The zero-order valence-corrected chi connectivity index (χ0v) is 11.2. The van der Waals surface area contributed by atoms with Gasteiger partial charge in [-0.05, 0) is 41.5 Å². The van der Waals surface area contributed by atoms with E-state index in [1.165, 1.54) is 0 Å². The molecule has 0 spiro atoms. The van der Waals surface area contributed by atoms with Gasteiger partial charge in [0.1, 0.15) is 5.75 Å². The van der Waals surface area contributed by atoms with Crippen molar-refractivity contribution in [1.29, 1.82) is 0 Å². The predicted molar refractivity (Wildman–Crippen MR) is 75.3 cm³/mol. The second-order valence-electron chi connectivity index (χ2n) is 4.76. The number of phenolic OH excluding ortho intramolecular Hbond substituents is 1. The lowest BCUT2D eigenvalue weighted by Gasteiger charge is -2.14. The van der Waals surface area contributed by atoms with Gasteiger partial charge in [0.05, 0.1) is 12.5 Å². The van der Waals surface area contributed by atoms with Crippen molar-refractivity contribution < 1.29 is 9.90 Å². The van der Waals surface area contributed by atoms with Gasteiger partial charge in [-0.3, -0.25) is 4.79 Å². The minimum atomic E-state index is 0.0366. The van der Waals surface area contributed by atoms with Gasteiger partial charge in [-0.2, -0.15) is 0 Å². The summed E-state index contributed by atoms with van der Waals surface area (Å²) < 4.78 is 0. The maximum atomic E-state index is 12.0. The number of hydrogen-bond acceptors (Lipinski definition) is 3. The molecular formula is C15H15NO2S. The van der Waals surface area contributed by atoms with E-state index in [1.807, 2.05) is 29.6 Å². The molecule has 0 saturated heterocycles. The number of rotatable bonds is 3. The van der Waals surface area contributed by atoms with Crippen LogP contribution in [0.15, 0.2) is 35.7 Å². The van der Waals surface area contributed by atoms with Gasteiger partial charge in [-0.15, -0.1) is 11.3 Å². The van der Waals surface area contributed by atoms with E-state index in [-0.39, 0.29) is 11.9 Å². The van der Waals surface area contributed by atoms with Gasteiger partial charge in [0.2, 0.25) is 5.91 Å². The number of nitrogens with one attached hydrogen (secondary N) is 1. The first kappa shape index (κ1) is 12.2. The number of fused-ring (bicyclic) bond motifs is 1. The predicted octanol–water partition coefficient (Wildman–Crippen LogP) is 2.80. The van der Waals surface area contributed by atoms with Crippen molar-refractivity contribution in [3.8, 4) is 5.75 Å². The van der Waals surface area contributed by atoms with Crippen molar-refractivity contribution in [2.75, 3.05) is 0 Å². The first-order valence-electron chi connectivity index (χ1n) is 6.36. The third-order valence-electron chi connectivity index (χ3n) is 3.50. The minimum Gasteiger partial charge on any atom is -0.508 e. The van der Waals surface area contributed by atoms with Crippen LogP contribution in [0, 0.1) is 0 Å². The standard InChI is InChI=1S/C15H15NO2S/c17-14-5-1-4-11-12(14)6-7-13(11)16-15(18)9-10-3-2-8-19-10/h1-5,8,13,17H,6-7,9H2,(H,16,18)/t13-/m1/s1. The molecule has 1 aromatic heterocycles. The molecule has 3 rings (SSSR count). The molecule has 1 amide bonds. The van der Waals surface area contributed by atoms with E-state index in [4.69, 9.17) is 0 Å². The molecule has 3 nitrogen and oxygen atoms in total. The van der Waals surface area contributed by atoms with Crippen LogP contribution >= 0.6 is 11.3 Å². The second-order valence-corrected chi connectivity index (χ2v) is 5.79. The number of aromatic hydroxyl groups is 1. The highest BCUT2D eigenvalue weighted by atomic mass is 32.1. The maximum absolute atomic E-state index is 12.0. The van der Waals surface area contributed by atoms with Crippen LogP contribution in [0.25, 0.3) is 0 Å². The Labute approximate surface area is 115 Å². The lowest BCUT2D eigenvalue weighted by atomic mass is 10.1. The van der Waals surface area contributed by atoms with Gasteiger partial charge < -0.3 is 10.4 Å². The number of carbonyl (C=O) groups is 1. The van der Waals surface area contributed by atoms with Gasteiger partial charge in [0, 0.05) is 4.88 Å². The first-order chi connectivity index (χ1) is 9.24. The van der Waals surface area contributed by atoms with E-state index in [0.717, 1.165) is 28.8 Å². The van der Waals surface area contributed by atoms with Gasteiger partial charge in [-0.1, -0.05) is 18.2 Å². The summed E-state index contributed by atoms with van der Waals surface area (Å²) in [6.07, 6.45) is 2.12. The van der Waals surface area contributed by atoms with Gasteiger partial charge in [0.25, 0.3) is 0 Å². The number of phenols is 1. The van der Waals surface area contributed by atoms with E-state index < -0.39 is 0 Å². The fourth-order valence-corrected chi connectivity index (χ4v) is 3.31. The van der Waals surface area contributed by atoms with Crippen LogP contribution in [0.3, 0.4) is 0 Å². The van der Waals surface area contributed by atoms with Crippen molar-refractivity contribution in [1.82, 2.24) is 5.32 Å². The molecule has 0 saturated carbocycles. The van der Waals surface area contributed by atoms with Gasteiger partial charge >= 0.3 is 0 Å². The molecule has 1 heterocycles. The quantitative estimate of drug-likeness (QED) is 0.903. The van der Waals surface area contributed by atoms with Crippen molar-refractivity contribution in [3.05, 3.63) is 51.7 Å². The fourth-order valence-electron chi connectivity index (χ4n) is 2.60. The molecule has 0 radical (unpaired) electrons. The SMILES string of the molecule is O=C(Cc1cccs1)N[C@@H]1CCc2c(O)cccc21. The first-order valence-corrected chi connectivity index (χ1v) is 7.24. The largest absolute Gasteiger partial charge is 0.508 e. The Bertz CT molecular complexity index is 592. The van der Waals surface area contributed by atoms with Crippen molar-refractivity contribution >= 4 is 17.2 Å². The van der Waals surface area contributed by atoms with Crippen molar-refractivity contribution in [3.63, 3.8) is 0 Å². The lowest BCUT2D eigenvalue weighted by Crippen LogP contribution is -2.28. The van der Waals surface area contributed by atoms with Gasteiger partial charge in [0.15, 0.2) is 0 Å². The van der Waals surface area contributed by atoms with E-state index in [1.54, 1.807) is 17.4 Å². The third-order valence-corrected chi connectivity index (χ3v) is 4.37. The Morgan fingerprint density at radius 3 is 3.05 bits per heavy atom. The Hall–Kier alpha value is -1.81. The molecule has 4 heteroatoms. The average molecular weight is 273 g/mol. The Kier molecular flexibility index (Phi) is 3.25. The molecule has 1 aliphatic carbocycles. The zero-order valence-electron chi connectivity index (χ0n) is 10.4. The maximum Gasteiger partial charge on any atom is 0.225 e. The van der Waals surface area contributed by atoms with Gasteiger partial charge in [-0.25, -0.2) is 0 Å². The monoisotopic (exact) mass is 273 g/mol. The van der Waals surface area contributed by atoms with E-state index in [9.17, 15) is 9.90 Å². The molecule has 1 aliphatic rings. The third kappa shape index (κ3) is 2.49. The van der Waals surface area contributed by atoms with E-state index >= 15 is 0 Å². The topological polar surface area (TPSA) is 49.3 Å². The van der Waals surface area contributed by atoms with Crippen LogP contribution in [0.1, 0.15) is 28.5 Å². The summed E-state index contributed by atoms with van der Waals surface area (Å²) in [5.74, 6) is 0.385. The van der Waals surface area contributed by atoms with Crippen LogP contribution in [0.4, 0.5) is 0 Å². The normalized spacial score (nSPS) is 17.2. The Morgan fingerprint density at radius 2 is 2.26 bits per heavy atom. The summed E-state index contributed by atoms with van der Waals surface area (Å²) in [5.41, 5.74) is 2.03. The highest BCUT2D eigenvalue weighted by Gasteiger charge is 2.25. The van der Waals surface area contributed by atoms with Crippen LogP contribution in [0.5, 0.6) is 5.75 Å². The fraction of sp³-hybridized carbons (Fsp3) is 0.267. The van der Waals surface area contributed by atoms with Crippen LogP contribution in [-0.2, 0) is 17.6 Å². The van der Waals surface area contributed by atoms with Crippen molar-refractivity contribution in [2.24, 2.45) is 0 Å². The molecule has 2 aromatic rings. The summed E-state index contributed by atoms with van der Waals surface area (Å²) in [6, 6.07) is 9.48. The number of carbonyl (C=O) groups excluding carboxylic acids is 1. The zero-order chi connectivity index (χ0) is 13.2. The molecule has 1 aromatic carbocycles. The average Bonchev–Trinajstić information content (AvgIpc) is 3.01. The molecule has 0 aliphatic heterocycles. The molecule has 0 fully saturated rings. The molecule has 0 bridgehead atoms. The van der Waals surface area contributed by atoms with Crippen LogP contribution < -0.4 is 5.32 Å². The summed E-state index contributed by atoms with van der Waals surface area (Å²) in [5, 5.41) is 14.8. The Balaban J connectivity index is 1.69. The highest BCUT2D eigenvalue weighted by Crippen LogP contribution is 2.36. The second kappa shape index (κ2) is 5.05. The lowest BCUT2D eigenvalue weighted by molar-refractivity contribution is -0.121. The van der Waals surface area contributed by atoms with Crippen molar-refractivity contribution in [2.45, 2.75) is 25.3 Å². The van der Waals surface area contributed by atoms with E-state index in [0.29, 0.717) is 12.2 Å². The molecule has 0 unspecified atom stereocenters. The number of hydrogen-bond donors (Lipinski definition) is 2. The summed E-state index contributed by atoms with van der Waals surface area (Å²) in [4.78, 5) is 13.1. The summed E-state index contributed by atoms with van der Waals surface area (Å²) in [6.45, 7) is 0. The Morgan fingerprint density at radius 1 is 1.37 bits per heavy atom.